The Balaban J connectivity index is 1.46. The van der Waals surface area contributed by atoms with Crippen LogP contribution in [0.4, 0.5) is 10.5 Å². The Morgan fingerprint density at radius 1 is 1.12 bits per heavy atom. The normalized spacial score (nSPS) is 24.8. The summed E-state index contributed by atoms with van der Waals surface area (Å²) in [6.07, 6.45) is 2.19. The van der Waals surface area contributed by atoms with Gasteiger partial charge in [0.25, 0.3) is 0 Å². The van der Waals surface area contributed by atoms with Crippen LogP contribution < -0.4 is 10.6 Å². The van der Waals surface area contributed by atoms with Gasteiger partial charge in [-0.3, -0.25) is 0 Å². The van der Waals surface area contributed by atoms with E-state index in [1.54, 1.807) is 0 Å². The van der Waals surface area contributed by atoms with E-state index in [1.165, 1.54) is 12.8 Å². The van der Waals surface area contributed by atoms with Gasteiger partial charge in [-0.05, 0) is 36.0 Å². The van der Waals surface area contributed by atoms with Gasteiger partial charge < -0.3 is 15.4 Å². The minimum absolute atomic E-state index is 0.0219. The van der Waals surface area contributed by atoms with Crippen LogP contribution in [0.15, 0.2) is 54.6 Å². The molecule has 4 rings (SSSR count). The van der Waals surface area contributed by atoms with Gasteiger partial charge >= 0.3 is 6.09 Å². The van der Waals surface area contributed by atoms with Crippen molar-refractivity contribution >= 4 is 11.8 Å². The molecule has 3 atom stereocenters. The summed E-state index contributed by atoms with van der Waals surface area (Å²) < 4.78 is 5.44. The lowest BCUT2D eigenvalue weighted by Crippen LogP contribution is -2.45. The largest absolute Gasteiger partial charge is 0.445 e. The topological polar surface area (TPSA) is 50.4 Å². The third-order valence-corrected chi connectivity index (χ3v) is 5.33. The van der Waals surface area contributed by atoms with Gasteiger partial charge in [0.2, 0.25) is 0 Å². The molecule has 1 amide bonds. The molecule has 130 valence electrons. The maximum absolute atomic E-state index is 12.4. The second-order valence-electron chi connectivity index (χ2n) is 7.14. The second kappa shape index (κ2) is 6.79. The Bertz CT molecular complexity index is 743. The van der Waals surface area contributed by atoms with Crippen molar-refractivity contribution in [2.75, 3.05) is 5.32 Å². The summed E-state index contributed by atoms with van der Waals surface area (Å²) in [5, 5.41) is 6.78. The number of rotatable bonds is 4. The highest BCUT2D eigenvalue weighted by Gasteiger charge is 2.42. The quantitative estimate of drug-likeness (QED) is 0.864. The zero-order valence-corrected chi connectivity index (χ0v) is 14.4. The number of carbonyl (C=O) groups is 1. The van der Waals surface area contributed by atoms with Crippen LogP contribution >= 0.6 is 0 Å². The van der Waals surface area contributed by atoms with E-state index in [4.69, 9.17) is 4.74 Å². The first-order valence-corrected chi connectivity index (χ1v) is 9.05. The Labute approximate surface area is 148 Å². The van der Waals surface area contributed by atoms with Gasteiger partial charge in [0, 0.05) is 17.6 Å². The predicted octanol–water partition coefficient (Wildman–Crippen LogP) is 4.49. The van der Waals surface area contributed by atoms with E-state index >= 15 is 0 Å². The number of hydrogen-bond acceptors (Lipinski definition) is 3. The molecule has 4 nitrogen and oxygen atoms in total. The lowest BCUT2D eigenvalue weighted by molar-refractivity contribution is 0.130. The summed E-state index contributed by atoms with van der Waals surface area (Å²) >= 11 is 0. The summed E-state index contributed by atoms with van der Waals surface area (Å²) in [5.41, 5.74) is 3.27. The summed E-state index contributed by atoms with van der Waals surface area (Å²) in [6.45, 7) is 2.51. The highest BCUT2D eigenvalue weighted by molar-refractivity contribution is 5.69. The van der Waals surface area contributed by atoms with Crippen molar-refractivity contribution in [1.82, 2.24) is 5.32 Å². The molecule has 25 heavy (non-hydrogen) atoms. The van der Waals surface area contributed by atoms with Crippen LogP contribution in [0.3, 0.4) is 0 Å². The fourth-order valence-electron chi connectivity index (χ4n) is 3.80. The van der Waals surface area contributed by atoms with Gasteiger partial charge in [-0.15, -0.1) is 0 Å². The fraction of sp³-hybridized carbons (Fsp3) is 0.381. The Morgan fingerprint density at radius 2 is 1.84 bits per heavy atom. The Morgan fingerprint density at radius 3 is 2.60 bits per heavy atom. The minimum atomic E-state index is -0.355. The Kier molecular flexibility index (Phi) is 4.35. The maximum Gasteiger partial charge on any atom is 0.407 e. The molecule has 1 heterocycles. The summed E-state index contributed by atoms with van der Waals surface area (Å²) in [6, 6.07) is 18.4. The van der Waals surface area contributed by atoms with E-state index in [0.717, 1.165) is 16.8 Å². The molecule has 0 bridgehead atoms. The van der Waals surface area contributed by atoms with Crippen LogP contribution in [0, 0.1) is 11.8 Å². The summed E-state index contributed by atoms with van der Waals surface area (Å²) in [7, 11) is 0. The number of amides is 1. The molecule has 2 aromatic rings. The van der Waals surface area contributed by atoms with Crippen molar-refractivity contribution in [1.29, 1.82) is 0 Å². The molecule has 1 aliphatic heterocycles. The van der Waals surface area contributed by atoms with E-state index in [9.17, 15) is 4.79 Å². The van der Waals surface area contributed by atoms with Crippen molar-refractivity contribution in [3.05, 3.63) is 65.7 Å². The number of nitrogens with one attached hydrogen (secondary N) is 2. The molecule has 2 aromatic carbocycles. The molecule has 2 aliphatic rings. The van der Waals surface area contributed by atoms with E-state index in [1.807, 2.05) is 42.5 Å². The number of para-hydroxylation sites is 1. The first-order chi connectivity index (χ1) is 12.2. The molecule has 1 unspecified atom stereocenters. The molecule has 1 fully saturated rings. The molecule has 0 spiro atoms. The molecular weight excluding hydrogens is 312 g/mol. The average Bonchev–Trinajstić information content (AvgIpc) is 3.48. The van der Waals surface area contributed by atoms with Gasteiger partial charge in [-0.2, -0.15) is 0 Å². The SMILES string of the molecule is C[C@H]1C(NC(=O)OCc2ccccc2)c2ccccc2N[C@H]1C1CC1. The number of carbonyl (C=O) groups excluding carboxylic acids is 1. The van der Waals surface area contributed by atoms with Gasteiger partial charge in [-0.1, -0.05) is 55.5 Å². The molecule has 1 saturated carbocycles. The van der Waals surface area contributed by atoms with E-state index in [0.29, 0.717) is 24.5 Å². The second-order valence-corrected chi connectivity index (χ2v) is 7.14. The summed E-state index contributed by atoms with van der Waals surface area (Å²) in [4.78, 5) is 12.4. The zero-order chi connectivity index (χ0) is 17.2. The molecule has 0 aromatic heterocycles. The molecule has 1 aliphatic carbocycles. The average molecular weight is 336 g/mol. The van der Waals surface area contributed by atoms with Crippen LogP contribution in [0.5, 0.6) is 0 Å². The lowest BCUT2D eigenvalue weighted by atomic mass is 9.82. The van der Waals surface area contributed by atoms with Gasteiger partial charge in [-0.25, -0.2) is 4.79 Å². The van der Waals surface area contributed by atoms with Crippen molar-refractivity contribution in [3.63, 3.8) is 0 Å². The Hall–Kier alpha value is -2.49. The van der Waals surface area contributed by atoms with Crippen molar-refractivity contribution in [2.45, 2.75) is 38.5 Å². The van der Waals surface area contributed by atoms with Crippen LogP contribution in [0.1, 0.15) is 36.9 Å². The predicted molar refractivity (Wildman–Crippen MR) is 98.2 cm³/mol. The van der Waals surface area contributed by atoms with Gasteiger partial charge in [0.15, 0.2) is 0 Å². The van der Waals surface area contributed by atoms with E-state index < -0.39 is 0 Å². The highest BCUT2D eigenvalue weighted by atomic mass is 16.5. The number of alkyl carbamates (subject to hydrolysis) is 1. The van der Waals surface area contributed by atoms with Crippen molar-refractivity contribution < 1.29 is 9.53 Å². The third kappa shape index (κ3) is 3.48. The monoisotopic (exact) mass is 336 g/mol. The zero-order valence-electron chi connectivity index (χ0n) is 14.4. The maximum atomic E-state index is 12.4. The smallest absolute Gasteiger partial charge is 0.407 e. The molecule has 2 N–H and O–H groups in total. The van der Waals surface area contributed by atoms with E-state index in [2.05, 4.69) is 29.7 Å². The van der Waals surface area contributed by atoms with E-state index in [-0.39, 0.29) is 12.1 Å². The van der Waals surface area contributed by atoms with Crippen LogP contribution in [-0.4, -0.2) is 12.1 Å². The molecular formula is C21H24N2O2. The van der Waals surface area contributed by atoms with Crippen molar-refractivity contribution in [2.24, 2.45) is 11.8 Å². The van der Waals surface area contributed by atoms with Crippen molar-refractivity contribution in [3.8, 4) is 0 Å². The molecule has 4 heteroatoms. The summed E-state index contributed by atoms with van der Waals surface area (Å²) in [5.74, 6) is 1.04. The lowest BCUT2D eigenvalue weighted by Gasteiger charge is -2.39. The van der Waals surface area contributed by atoms with Crippen LogP contribution in [0.2, 0.25) is 0 Å². The molecule has 0 saturated heterocycles. The van der Waals surface area contributed by atoms with Crippen LogP contribution in [-0.2, 0) is 11.3 Å². The number of benzene rings is 2. The number of anilines is 1. The highest BCUT2D eigenvalue weighted by Crippen LogP contribution is 2.45. The number of fused-ring (bicyclic) bond motifs is 1. The standard InChI is InChI=1S/C21H24N2O2/c1-14-19(16-11-12-16)22-18-10-6-5-9-17(18)20(14)23-21(24)25-13-15-7-3-2-4-8-15/h2-10,14,16,19-20,22H,11-13H2,1H3,(H,23,24)/t14-,19-,20?/m1/s1. The van der Waals surface area contributed by atoms with Gasteiger partial charge in [0.05, 0.1) is 6.04 Å². The fourth-order valence-corrected chi connectivity index (χ4v) is 3.80. The third-order valence-electron chi connectivity index (χ3n) is 5.33. The molecule has 0 radical (unpaired) electrons. The first-order valence-electron chi connectivity index (χ1n) is 9.05. The number of ether oxygens (including phenoxy) is 1. The first kappa shape index (κ1) is 16.0. The minimum Gasteiger partial charge on any atom is -0.445 e. The van der Waals surface area contributed by atoms with Crippen LogP contribution in [0.25, 0.3) is 0 Å². The van der Waals surface area contributed by atoms with Gasteiger partial charge in [0.1, 0.15) is 6.61 Å². The number of hydrogen-bond donors (Lipinski definition) is 2.